The number of methoxy groups -OCH3 is 1. The topological polar surface area (TPSA) is 99.3 Å². The maximum absolute atomic E-state index is 14.4. The van der Waals surface area contributed by atoms with E-state index < -0.39 is 44.9 Å². The molecule has 0 saturated carbocycles. The summed E-state index contributed by atoms with van der Waals surface area (Å²) >= 11 is 0. The summed E-state index contributed by atoms with van der Waals surface area (Å²) in [5.74, 6) is -0.557. The van der Waals surface area contributed by atoms with Crippen molar-refractivity contribution in [1.29, 1.82) is 0 Å². The Balaban J connectivity index is 1.52. The molecule has 5 rings (SSSR count). The molecule has 41 heavy (non-hydrogen) atoms. The van der Waals surface area contributed by atoms with Gasteiger partial charge in [-0.15, -0.1) is 0 Å². The Bertz CT molecular complexity index is 1560. The van der Waals surface area contributed by atoms with Crippen LogP contribution in [-0.4, -0.2) is 70.0 Å². The van der Waals surface area contributed by atoms with E-state index in [1.165, 1.54) is 36.3 Å². The fourth-order valence-corrected chi connectivity index (χ4v) is 7.15. The first kappa shape index (κ1) is 28.3. The molecule has 3 amide bonds. The molecule has 0 radical (unpaired) electrons. The van der Waals surface area contributed by atoms with Crippen LogP contribution in [0.4, 0.5) is 29.3 Å². The summed E-state index contributed by atoms with van der Waals surface area (Å²) in [6.07, 6.45) is -4.50. The first-order valence-corrected chi connectivity index (χ1v) is 14.2. The molecule has 2 aliphatic rings. The van der Waals surface area contributed by atoms with Crippen LogP contribution < -0.4 is 19.9 Å². The van der Waals surface area contributed by atoms with Crippen molar-refractivity contribution in [1.82, 2.24) is 10.2 Å². The molecular weight excluding hydrogens is 561 g/mol. The average Bonchev–Trinajstić information content (AvgIpc) is 3.35. The molecule has 0 bridgehead atoms. The van der Waals surface area contributed by atoms with E-state index in [-0.39, 0.29) is 42.5 Å². The second-order valence-corrected chi connectivity index (χ2v) is 11.8. The lowest BCUT2D eigenvalue weighted by Gasteiger charge is -2.42. The van der Waals surface area contributed by atoms with Crippen LogP contribution in [0.15, 0.2) is 83.8 Å². The number of hydrogen-bond donors (Lipinski definition) is 1. The molecule has 1 atom stereocenters. The fraction of sp³-hybridized carbons (Fsp3) is 0.286. The zero-order valence-corrected chi connectivity index (χ0v) is 22.8. The highest BCUT2D eigenvalue weighted by molar-refractivity contribution is 7.93. The number of para-hydroxylation sites is 1. The van der Waals surface area contributed by atoms with Crippen LogP contribution in [0.1, 0.15) is 5.56 Å². The van der Waals surface area contributed by atoms with Gasteiger partial charge in [0.2, 0.25) is 9.84 Å². The Morgan fingerprint density at radius 2 is 1.56 bits per heavy atom. The number of nitrogens with one attached hydrogen (secondary N) is 1. The van der Waals surface area contributed by atoms with Crippen molar-refractivity contribution in [2.45, 2.75) is 15.9 Å². The standard InChI is InChI=1S/C28H27F3N4O5S/c1-40-23-11-6-12-24(18-23)41(38,39)27(19-32-26(37)35(27)21-8-3-2-4-9-21)25(36)34-15-13-33(14-16-34)22-10-5-7-20(17-22)28(29,30)31/h2-12,17-18H,13-16,19H2,1H3,(H,32,37). The fourth-order valence-electron chi connectivity index (χ4n) is 5.18. The van der Waals surface area contributed by atoms with Gasteiger partial charge in [0.25, 0.3) is 10.8 Å². The smallest absolute Gasteiger partial charge is 0.416 e. The van der Waals surface area contributed by atoms with E-state index in [1.807, 2.05) is 0 Å². The number of carbonyl (C=O) groups excluding carboxylic acids is 2. The van der Waals surface area contributed by atoms with E-state index in [0.29, 0.717) is 5.69 Å². The molecule has 13 heteroatoms. The Hall–Kier alpha value is -4.26. The van der Waals surface area contributed by atoms with Crippen molar-refractivity contribution < 1.29 is 35.9 Å². The predicted octanol–water partition coefficient (Wildman–Crippen LogP) is 3.76. The number of rotatable bonds is 6. The Morgan fingerprint density at radius 3 is 2.22 bits per heavy atom. The third-order valence-electron chi connectivity index (χ3n) is 7.29. The molecule has 1 N–H and O–H groups in total. The number of urea groups is 1. The highest BCUT2D eigenvalue weighted by Gasteiger charge is 2.63. The van der Waals surface area contributed by atoms with Gasteiger partial charge in [0.15, 0.2) is 0 Å². The minimum absolute atomic E-state index is 0.0290. The number of ether oxygens (including phenoxy) is 1. The van der Waals surface area contributed by atoms with Crippen molar-refractivity contribution >= 4 is 33.2 Å². The highest BCUT2D eigenvalue weighted by Crippen LogP contribution is 2.39. The van der Waals surface area contributed by atoms with Gasteiger partial charge in [0.05, 0.1) is 24.1 Å². The van der Waals surface area contributed by atoms with Crippen LogP contribution in [0.5, 0.6) is 5.75 Å². The van der Waals surface area contributed by atoms with E-state index in [1.54, 1.807) is 47.4 Å². The van der Waals surface area contributed by atoms with E-state index in [4.69, 9.17) is 4.74 Å². The number of piperazine rings is 1. The summed E-state index contributed by atoms with van der Waals surface area (Å²) in [4.78, 5) is 29.0. The Morgan fingerprint density at radius 1 is 0.902 bits per heavy atom. The molecule has 3 aromatic carbocycles. The molecular formula is C28H27F3N4O5S. The molecule has 1 unspecified atom stereocenters. The van der Waals surface area contributed by atoms with Gasteiger partial charge in [0.1, 0.15) is 5.75 Å². The third kappa shape index (κ3) is 4.94. The van der Waals surface area contributed by atoms with Crippen LogP contribution in [0.3, 0.4) is 0 Å². The van der Waals surface area contributed by atoms with E-state index >= 15 is 0 Å². The molecule has 0 spiro atoms. The zero-order chi connectivity index (χ0) is 29.4. The van der Waals surface area contributed by atoms with Gasteiger partial charge in [0, 0.05) is 37.6 Å². The van der Waals surface area contributed by atoms with E-state index in [2.05, 4.69) is 5.32 Å². The van der Waals surface area contributed by atoms with E-state index in [0.717, 1.165) is 17.0 Å². The van der Waals surface area contributed by atoms with Crippen molar-refractivity contribution in [3.8, 4) is 5.75 Å². The van der Waals surface area contributed by atoms with Crippen molar-refractivity contribution in [2.24, 2.45) is 0 Å². The number of alkyl halides is 3. The molecule has 9 nitrogen and oxygen atoms in total. The lowest BCUT2D eigenvalue weighted by atomic mass is 10.1. The van der Waals surface area contributed by atoms with Crippen LogP contribution in [0, 0.1) is 0 Å². The molecule has 2 saturated heterocycles. The molecule has 2 aliphatic heterocycles. The van der Waals surface area contributed by atoms with Crippen LogP contribution in [0.25, 0.3) is 0 Å². The highest BCUT2D eigenvalue weighted by atomic mass is 32.2. The number of benzene rings is 3. The molecule has 0 aliphatic carbocycles. The normalized spacial score (nSPS) is 19.7. The predicted molar refractivity (Wildman–Crippen MR) is 145 cm³/mol. The van der Waals surface area contributed by atoms with Crippen LogP contribution in [-0.2, 0) is 20.8 Å². The largest absolute Gasteiger partial charge is 0.497 e. The molecule has 3 aromatic rings. The zero-order valence-electron chi connectivity index (χ0n) is 22.0. The number of halogens is 3. The monoisotopic (exact) mass is 588 g/mol. The van der Waals surface area contributed by atoms with E-state index in [9.17, 15) is 31.2 Å². The number of nitrogens with zero attached hydrogens (tertiary/aromatic N) is 3. The first-order valence-electron chi connectivity index (χ1n) is 12.7. The minimum atomic E-state index is -4.57. The van der Waals surface area contributed by atoms with Crippen molar-refractivity contribution in [3.05, 3.63) is 84.4 Å². The summed E-state index contributed by atoms with van der Waals surface area (Å²) in [5, 5.41) is 2.55. The van der Waals surface area contributed by atoms with Gasteiger partial charge in [-0.1, -0.05) is 30.3 Å². The van der Waals surface area contributed by atoms with Crippen molar-refractivity contribution in [2.75, 3.05) is 49.6 Å². The molecule has 2 heterocycles. The van der Waals surface area contributed by atoms with Gasteiger partial charge < -0.3 is 19.9 Å². The van der Waals surface area contributed by atoms with Gasteiger partial charge in [-0.05, 0) is 48.5 Å². The molecule has 216 valence electrons. The summed E-state index contributed by atoms with van der Waals surface area (Å²) in [6.45, 7) is -0.125. The number of amides is 3. The lowest BCUT2D eigenvalue weighted by Crippen LogP contribution is -2.66. The summed E-state index contributed by atoms with van der Waals surface area (Å²) in [6, 6.07) is 17.9. The number of hydrogen-bond acceptors (Lipinski definition) is 6. The summed E-state index contributed by atoms with van der Waals surface area (Å²) in [5.41, 5.74) is -0.231. The summed E-state index contributed by atoms with van der Waals surface area (Å²) < 4.78 is 73.8. The second-order valence-electron chi connectivity index (χ2n) is 9.62. The SMILES string of the molecule is COc1cccc(S(=O)(=O)C2(C(=O)N3CCN(c4cccc(C(F)(F)F)c4)CC3)CNC(=O)N2c2ccccc2)c1. The van der Waals surface area contributed by atoms with Gasteiger partial charge >= 0.3 is 12.2 Å². The number of carbonyl (C=O) groups is 2. The quantitative estimate of drug-likeness (QED) is 0.471. The maximum Gasteiger partial charge on any atom is 0.416 e. The Kier molecular flexibility index (Phi) is 7.32. The Labute approximate surface area is 235 Å². The van der Waals surface area contributed by atoms with Crippen molar-refractivity contribution in [3.63, 3.8) is 0 Å². The van der Waals surface area contributed by atoms with Crippen LogP contribution in [0.2, 0.25) is 0 Å². The molecule has 0 aromatic heterocycles. The maximum atomic E-state index is 14.4. The molecule has 2 fully saturated rings. The number of anilines is 2. The number of sulfone groups is 1. The van der Waals surface area contributed by atoms with Crippen LogP contribution >= 0.6 is 0 Å². The first-order chi connectivity index (χ1) is 19.5. The minimum Gasteiger partial charge on any atom is -0.497 e. The van der Waals surface area contributed by atoms with Gasteiger partial charge in [-0.25, -0.2) is 13.2 Å². The summed E-state index contributed by atoms with van der Waals surface area (Å²) in [7, 11) is -3.18. The van der Waals surface area contributed by atoms with Gasteiger partial charge in [-0.3, -0.25) is 9.69 Å². The second kappa shape index (κ2) is 10.6. The van der Waals surface area contributed by atoms with Gasteiger partial charge in [-0.2, -0.15) is 13.2 Å². The average molecular weight is 589 g/mol. The lowest BCUT2D eigenvalue weighted by molar-refractivity contribution is -0.137. The third-order valence-corrected chi connectivity index (χ3v) is 9.56.